The van der Waals surface area contributed by atoms with Crippen molar-refractivity contribution < 1.29 is 4.79 Å². The summed E-state index contributed by atoms with van der Waals surface area (Å²) >= 11 is 7.71. The highest BCUT2D eigenvalue weighted by Gasteiger charge is 2.17. The fourth-order valence-electron chi connectivity index (χ4n) is 2.24. The Balaban J connectivity index is 1.81. The summed E-state index contributed by atoms with van der Waals surface area (Å²) in [5, 5.41) is 8.60. The molecule has 0 saturated carbocycles. The summed E-state index contributed by atoms with van der Waals surface area (Å²) in [4.78, 5) is 12.9. The highest BCUT2D eigenvalue weighted by Crippen LogP contribution is 2.34. The Bertz CT molecular complexity index is 822. The van der Waals surface area contributed by atoms with Crippen LogP contribution in [0.4, 0.5) is 0 Å². The Morgan fingerprint density at radius 2 is 2.19 bits per heavy atom. The van der Waals surface area contributed by atoms with Gasteiger partial charge in [-0.1, -0.05) is 29.8 Å². The fraction of sp³-hybridized carbons (Fsp3) is 0.200. The van der Waals surface area contributed by atoms with Crippen molar-refractivity contribution in [3.8, 4) is 0 Å². The number of hydrogen-bond acceptors (Lipinski definition) is 3. The first-order valence-electron chi connectivity index (χ1n) is 6.51. The molecule has 0 unspecified atom stereocenters. The van der Waals surface area contributed by atoms with Crippen molar-refractivity contribution in [2.75, 3.05) is 0 Å². The first-order valence-corrected chi connectivity index (χ1v) is 7.70. The van der Waals surface area contributed by atoms with E-state index in [1.165, 1.54) is 11.3 Å². The molecule has 0 spiro atoms. The third-order valence-corrected chi connectivity index (χ3v) is 4.94. The number of nitrogens with one attached hydrogen (secondary N) is 1. The molecule has 2 aromatic heterocycles. The van der Waals surface area contributed by atoms with Crippen molar-refractivity contribution in [2.24, 2.45) is 7.05 Å². The summed E-state index contributed by atoms with van der Waals surface area (Å²) in [5.41, 5.74) is 1.89. The van der Waals surface area contributed by atoms with Crippen LogP contribution in [0.25, 0.3) is 10.1 Å². The number of aromatic nitrogens is 2. The molecule has 1 N–H and O–H groups in total. The molecule has 3 aromatic rings. The molecule has 0 aliphatic carbocycles. The lowest BCUT2D eigenvalue weighted by molar-refractivity contribution is 0.0954. The molecular formula is C15H14ClN3OS. The van der Waals surface area contributed by atoms with E-state index < -0.39 is 0 Å². The molecule has 0 aliphatic heterocycles. The predicted octanol–water partition coefficient (Wildman–Crippen LogP) is 3.53. The van der Waals surface area contributed by atoms with Gasteiger partial charge >= 0.3 is 0 Å². The molecule has 21 heavy (non-hydrogen) atoms. The van der Waals surface area contributed by atoms with Crippen LogP contribution in [0.5, 0.6) is 0 Å². The second-order valence-electron chi connectivity index (χ2n) is 4.82. The topological polar surface area (TPSA) is 46.9 Å². The Labute approximate surface area is 131 Å². The molecule has 0 bridgehead atoms. The van der Waals surface area contributed by atoms with Gasteiger partial charge in [-0.05, 0) is 19.1 Å². The molecule has 0 fully saturated rings. The van der Waals surface area contributed by atoms with Crippen molar-refractivity contribution >= 4 is 38.9 Å². The monoisotopic (exact) mass is 319 g/mol. The van der Waals surface area contributed by atoms with Gasteiger partial charge in [0.15, 0.2) is 0 Å². The first kappa shape index (κ1) is 14.1. The third kappa shape index (κ3) is 2.66. The van der Waals surface area contributed by atoms with E-state index >= 15 is 0 Å². The van der Waals surface area contributed by atoms with Crippen LogP contribution in [0.3, 0.4) is 0 Å². The lowest BCUT2D eigenvalue weighted by atomic mass is 10.2. The minimum atomic E-state index is -0.153. The van der Waals surface area contributed by atoms with Gasteiger partial charge in [-0.2, -0.15) is 5.10 Å². The van der Waals surface area contributed by atoms with E-state index in [1.807, 2.05) is 44.3 Å². The number of carbonyl (C=O) groups excluding carboxylic acids is 1. The lowest BCUT2D eigenvalue weighted by Gasteiger charge is -2.04. The van der Waals surface area contributed by atoms with Gasteiger partial charge in [0.2, 0.25) is 0 Å². The molecule has 6 heteroatoms. The zero-order valence-electron chi connectivity index (χ0n) is 11.7. The van der Waals surface area contributed by atoms with E-state index in [9.17, 15) is 4.79 Å². The lowest BCUT2D eigenvalue weighted by Crippen LogP contribution is -2.23. The Kier molecular flexibility index (Phi) is 3.69. The number of carbonyl (C=O) groups is 1. The summed E-state index contributed by atoms with van der Waals surface area (Å²) in [6.07, 6.45) is 0. The van der Waals surface area contributed by atoms with Gasteiger partial charge in [0, 0.05) is 17.1 Å². The Hall–Kier alpha value is -1.85. The SMILES string of the molecule is Cc1cc(CNC(=O)c2sc3ccccc3c2Cl)n(C)n1. The van der Waals surface area contributed by atoms with Crippen molar-refractivity contribution in [3.05, 3.63) is 51.6 Å². The van der Waals surface area contributed by atoms with Crippen LogP contribution in [0, 0.1) is 6.92 Å². The number of benzene rings is 1. The first-order chi connectivity index (χ1) is 10.1. The molecule has 0 radical (unpaired) electrons. The molecule has 108 valence electrons. The van der Waals surface area contributed by atoms with Gasteiger partial charge < -0.3 is 5.32 Å². The summed E-state index contributed by atoms with van der Waals surface area (Å²) in [6.45, 7) is 2.36. The van der Waals surface area contributed by atoms with Crippen LogP contribution >= 0.6 is 22.9 Å². The summed E-state index contributed by atoms with van der Waals surface area (Å²) < 4.78 is 2.78. The van der Waals surface area contributed by atoms with Gasteiger partial charge in [-0.15, -0.1) is 11.3 Å². The Morgan fingerprint density at radius 1 is 1.43 bits per heavy atom. The maximum Gasteiger partial charge on any atom is 0.263 e. The average molecular weight is 320 g/mol. The van der Waals surface area contributed by atoms with Gasteiger partial charge in [0.1, 0.15) is 4.88 Å². The van der Waals surface area contributed by atoms with Crippen molar-refractivity contribution in [1.29, 1.82) is 0 Å². The van der Waals surface area contributed by atoms with Crippen LogP contribution in [0.15, 0.2) is 30.3 Å². The second-order valence-corrected chi connectivity index (χ2v) is 6.25. The maximum atomic E-state index is 12.3. The number of thiophene rings is 1. The quantitative estimate of drug-likeness (QED) is 0.803. The van der Waals surface area contributed by atoms with Gasteiger partial charge in [-0.25, -0.2) is 0 Å². The van der Waals surface area contributed by atoms with Crippen molar-refractivity contribution in [2.45, 2.75) is 13.5 Å². The minimum Gasteiger partial charge on any atom is -0.346 e. The number of fused-ring (bicyclic) bond motifs is 1. The van der Waals surface area contributed by atoms with Gasteiger partial charge in [-0.3, -0.25) is 9.48 Å². The van der Waals surface area contributed by atoms with E-state index in [-0.39, 0.29) is 5.91 Å². The maximum absolute atomic E-state index is 12.3. The zero-order chi connectivity index (χ0) is 15.0. The summed E-state index contributed by atoms with van der Waals surface area (Å²) in [7, 11) is 1.86. The van der Waals surface area contributed by atoms with E-state index in [0.29, 0.717) is 16.4 Å². The minimum absolute atomic E-state index is 0.153. The van der Waals surface area contributed by atoms with E-state index in [2.05, 4.69) is 10.4 Å². The summed E-state index contributed by atoms with van der Waals surface area (Å²) in [5.74, 6) is -0.153. The highest BCUT2D eigenvalue weighted by atomic mass is 35.5. The van der Waals surface area contributed by atoms with Crippen molar-refractivity contribution in [3.63, 3.8) is 0 Å². The molecule has 0 aliphatic rings. The molecule has 3 rings (SSSR count). The molecule has 1 aromatic carbocycles. The molecular weight excluding hydrogens is 306 g/mol. The average Bonchev–Trinajstić information content (AvgIpc) is 2.97. The highest BCUT2D eigenvalue weighted by molar-refractivity contribution is 7.21. The normalized spacial score (nSPS) is 11.0. The largest absolute Gasteiger partial charge is 0.346 e. The van der Waals surface area contributed by atoms with Crippen LogP contribution in [0.2, 0.25) is 5.02 Å². The number of rotatable bonds is 3. The molecule has 2 heterocycles. The number of aryl methyl sites for hydroxylation is 2. The third-order valence-electron chi connectivity index (χ3n) is 3.27. The smallest absolute Gasteiger partial charge is 0.263 e. The van der Waals surface area contributed by atoms with Gasteiger partial charge in [0.05, 0.1) is 23.0 Å². The van der Waals surface area contributed by atoms with Crippen LogP contribution < -0.4 is 5.32 Å². The van der Waals surface area contributed by atoms with E-state index in [0.717, 1.165) is 21.5 Å². The second kappa shape index (κ2) is 5.50. The van der Waals surface area contributed by atoms with E-state index in [1.54, 1.807) is 4.68 Å². The molecule has 1 amide bonds. The standard InChI is InChI=1S/C15H14ClN3OS/c1-9-7-10(19(2)18-9)8-17-15(20)14-13(16)11-5-3-4-6-12(11)21-14/h3-7H,8H2,1-2H3,(H,17,20). The fourth-order valence-corrected chi connectivity index (χ4v) is 3.67. The van der Waals surface area contributed by atoms with Crippen LogP contribution in [-0.4, -0.2) is 15.7 Å². The van der Waals surface area contributed by atoms with Crippen LogP contribution in [0.1, 0.15) is 21.1 Å². The van der Waals surface area contributed by atoms with Crippen molar-refractivity contribution in [1.82, 2.24) is 15.1 Å². The number of hydrogen-bond donors (Lipinski definition) is 1. The number of halogens is 1. The van der Waals surface area contributed by atoms with Gasteiger partial charge in [0.25, 0.3) is 5.91 Å². The van der Waals surface area contributed by atoms with Crippen LogP contribution in [-0.2, 0) is 13.6 Å². The van der Waals surface area contributed by atoms with E-state index in [4.69, 9.17) is 11.6 Å². The predicted molar refractivity (Wildman–Crippen MR) is 86.0 cm³/mol. The number of amides is 1. The number of nitrogens with zero attached hydrogens (tertiary/aromatic N) is 2. The molecule has 0 saturated heterocycles. The Morgan fingerprint density at radius 3 is 2.86 bits per heavy atom. The molecule has 4 nitrogen and oxygen atoms in total. The summed E-state index contributed by atoms with van der Waals surface area (Å²) in [6, 6.07) is 9.70. The zero-order valence-corrected chi connectivity index (χ0v) is 13.3. The molecule has 0 atom stereocenters.